The molecule has 0 unspecified atom stereocenters. The van der Waals surface area contributed by atoms with Gasteiger partial charge < -0.3 is 5.11 Å². The Kier molecular flexibility index (Phi) is 4.26. The first-order chi connectivity index (χ1) is 9.42. The first kappa shape index (κ1) is 14.8. The van der Waals surface area contributed by atoms with E-state index in [1.165, 1.54) is 24.3 Å². The minimum Gasteiger partial charge on any atom is -0.478 e. The number of alkyl halides is 1. The van der Waals surface area contributed by atoms with Crippen molar-refractivity contribution in [3.63, 3.8) is 0 Å². The summed E-state index contributed by atoms with van der Waals surface area (Å²) >= 11 is 6.71. The van der Waals surface area contributed by atoms with Gasteiger partial charge in [-0.2, -0.15) is 0 Å². The van der Waals surface area contributed by atoms with Crippen LogP contribution in [0.15, 0.2) is 34.5 Å². The highest BCUT2D eigenvalue weighted by Gasteiger charge is 2.16. The molecule has 0 aliphatic carbocycles. The van der Waals surface area contributed by atoms with Gasteiger partial charge in [0.1, 0.15) is 0 Å². The Bertz CT molecular complexity index is 725. The van der Waals surface area contributed by atoms with Crippen molar-refractivity contribution in [3.05, 3.63) is 40.9 Å². The van der Waals surface area contributed by atoms with E-state index in [0.717, 1.165) is 11.3 Å². The zero-order valence-electron chi connectivity index (χ0n) is 9.91. The molecule has 106 valence electrons. The molecule has 0 amide bonds. The van der Waals surface area contributed by atoms with Gasteiger partial charge in [-0.3, -0.25) is 4.72 Å². The second kappa shape index (κ2) is 5.78. The molecule has 0 radical (unpaired) electrons. The fraction of sp³-hybridized carbons (Fsp3) is 0.0909. The number of benzene rings is 1. The van der Waals surface area contributed by atoms with Crippen molar-refractivity contribution in [1.29, 1.82) is 0 Å². The lowest BCUT2D eigenvalue weighted by molar-refractivity contribution is 0.0697. The molecular formula is C11H9ClN2O4S2. The molecule has 9 heteroatoms. The lowest BCUT2D eigenvalue weighted by Crippen LogP contribution is -2.13. The van der Waals surface area contributed by atoms with Crippen LogP contribution in [0, 0.1) is 0 Å². The van der Waals surface area contributed by atoms with Gasteiger partial charge in [0, 0.05) is 5.38 Å². The number of sulfonamides is 1. The van der Waals surface area contributed by atoms with Crippen LogP contribution in [0.2, 0.25) is 0 Å². The molecule has 20 heavy (non-hydrogen) atoms. The summed E-state index contributed by atoms with van der Waals surface area (Å²) in [4.78, 5) is 14.7. The Balaban J connectivity index is 2.23. The number of carbonyl (C=O) groups is 1. The van der Waals surface area contributed by atoms with Gasteiger partial charge in [0.15, 0.2) is 5.13 Å². The quantitative estimate of drug-likeness (QED) is 0.819. The number of hydrogen-bond donors (Lipinski definition) is 2. The van der Waals surface area contributed by atoms with Crippen LogP contribution < -0.4 is 4.72 Å². The summed E-state index contributed by atoms with van der Waals surface area (Å²) in [7, 11) is -3.79. The molecule has 0 aliphatic heterocycles. The van der Waals surface area contributed by atoms with Gasteiger partial charge in [-0.1, -0.05) is 0 Å². The lowest BCUT2D eigenvalue weighted by Gasteiger charge is -2.05. The molecule has 2 N–H and O–H groups in total. The minimum atomic E-state index is -3.79. The van der Waals surface area contributed by atoms with Gasteiger partial charge >= 0.3 is 5.97 Å². The molecule has 1 heterocycles. The van der Waals surface area contributed by atoms with Gasteiger partial charge in [0.05, 0.1) is 22.0 Å². The van der Waals surface area contributed by atoms with Crippen LogP contribution in [0.5, 0.6) is 0 Å². The van der Waals surface area contributed by atoms with E-state index in [1.807, 2.05) is 0 Å². The van der Waals surface area contributed by atoms with E-state index < -0.39 is 16.0 Å². The zero-order valence-corrected chi connectivity index (χ0v) is 12.3. The van der Waals surface area contributed by atoms with Gasteiger partial charge in [0.25, 0.3) is 10.0 Å². The van der Waals surface area contributed by atoms with E-state index in [9.17, 15) is 13.2 Å². The lowest BCUT2D eigenvalue weighted by atomic mass is 10.2. The van der Waals surface area contributed by atoms with Crippen molar-refractivity contribution in [1.82, 2.24) is 4.98 Å². The third kappa shape index (κ3) is 3.27. The number of aromatic carboxylic acids is 1. The molecule has 2 aromatic rings. The van der Waals surface area contributed by atoms with Crippen molar-refractivity contribution in [2.75, 3.05) is 4.72 Å². The van der Waals surface area contributed by atoms with Crippen molar-refractivity contribution in [2.45, 2.75) is 10.8 Å². The maximum atomic E-state index is 12.1. The molecule has 0 atom stereocenters. The number of carboxylic acid groups (broad SMARTS) is 1. The van der Waals surface area contributed by atoms with E-state index in [0.29, 0.717) is 5.69 Å². The van der Waals surface area contributed by atoms with Crippen molar-refractivity contribution in [2.24, 2.45) is 0 Å². The van der Waals surface area contributed by atoms with Crippen LogP contribution in [0.4, 0.5) is 5.13 Å². The van der Waals surface area contributed by atoms with Crippen molar-refractivity contribution >= 4 is 44.1 Å². The Labute approximate surface area is 124 Å². The number of aromatic nitrogens is 1. The number of nitrogens with zero attached hydrogens (tertiary/aromatic N) is 1. The molecule has 0 bridgehead atoms. The molecule has 2 rings (SSSR count). The number of halogens is 1. The molecule has 1 aromatic heterocycles. The first-order valence-corrected chi connectivity index (χ1v) is 8.18. The minimum absolute atomic E-state index is 0.0163. The molecule has 0 saturated carbocycles. The average Bonchev–Trinajstić information content (AvgIpc) is 2.85. The van der Waals surface area contributed by atoms with Crippen LogP contribution in [0.3, 0.4) is 0 Å². The van der Waals surface area contributed by atoms with Crippen LogP contribution >= 0.6 is 22.9 Å². The van der Waals surface area contributed by atoms with Gasteiger partial charge in [-0.25, -0.2) is 18.2 Å². The van der Waals surface area contributed by atoms with E-state index in [-0.39, 0.29) is 21.5 Å². The fourth-order valence-corrected chi connectivity index (χ4v) is 3.56. The standard InChI is InChI=1S/C11H9ClN2O4S2/c12-5-8-6-19-11(13-8)14-20(17,18)9-3-1-7(2-4-9)10(15)16/h1-4,6H,5H2,(H,13,14)(H,15,16). The third-order valence-corrected chi connectivity index (χ3v) is 4.89. The van der Waals surface area contributed by atoms with E-state index >= 15 is 0 Å². The number of carboxylic acids is 1. The van der Waals surface area contributed by atoms with Gasteiger partial charge in [-0.05, 0) is 24.3 Å². The summed E-state index contributed by atoms with van der Waals surface area (Å²) in [5.74, 6) is -0.917. The Hall–Kier alpha value is -1.64. The van der Waals surface area contributed by atoms with Crippen molar-refractivity contribution < 1.29 is 18.3 Å². The number of anilines is 1. The molecular weight excluding hydrogens is 324 g/mol. The number of hydrogen-bond acceptors (Lipinski definition) is 5. The number of nitrogens with one attached hydrogen (secondary N) is 1. The predicted molar refractivity (Wildman–Crippen MR) is 75.9 cm³/mol. The molecule has 0 fully saturated rings. The summed E-state index contributed by atoms with van der Waals surface area (Å²) in [6, 6.07) is 4.90. The largest absolute Gasteiger partial charge is 0.478 e. The summed E-state index contributed by atoms with van der Waals surface area (Å²) in [6.45, 7) is 0. The molecule has 0 aliphatic rings. The Morgan fingerprint density at radius 3 is 2.50 bits per heavy atom. The maximum Gasteiger partial charge on any atom is 0.335 e. The van der Waals surface area contributed by atoms with E-state index in [1.54, 1.807) is 5.38 Å². The second-order valence-corrected chi connectivity index (χ2v) is 6.52. The SMILES string of the molecule is O=C(O)c1ccc(S(=O)(=O)Nc2nc(CCl)cs2)cc1. The molecule has 0 saturated heterocycles. The molecule has 0 spiro atoms. The average molecular weight is 333 g/mol. The van der Waals surface area contributed by atoms with Crippen LogP contribution in [-0.2, 0) is 15.9 Å². The summed E-state index contributed by atoms with van der Waals surface area (Å²) in [5.41, 5.74) is 0.596. The Morgan fingerprint density at radius 1 is 1.35 bits per heavy atom. The highest BCUT2D eigenvalue weighted by Crippen LogP contribution is 2.21. The van der Waals surface area contributed by atoms with Crippen LogP contribution in [0.1, 0.15) is 16.1 Å². The predicted octanol–water partition coefficient (Wildman–Crippen LogP) is 2.38. The van der Waals surface area contributed by atoms with Gasteiger partial charge in [-0.15, -0.1) is 22.9 Å². The normalized spacial score (nSPS) is 11.2. The summed E-state index contributed by atoms with van der Waals surface area (Å²) < 4.78 is 26.4. The van der Waals surface area contributed by atoms with Crippen molar-refractivity contribution in [3.8, 4) is 0 Å². The molecule has 6 nitrogen and oxygen atoms in total. The number of rotatable bonds is 5. The third-order valence-electron chi connectivity index (χ3n) is 2.32. The van der Waals surface area contributed by atoms with Gasteiger partial charge in [0.2, 0.25) is 0 Å². The number of thiazole rings is 1. The fourth-order valence-electron chi connectivity index (χ4n) is 1.37. The summed E-state index contributed by atoms with van der Waals surface area (Å²) in [6.07, 6.45) is 0. The maximum absolute atomic E-state index is 12.1. The van der Waals surface area contributed by atoms with E-state index in [2.05, 4.69) is 9.71 Å². The second-order valence-electron chi connectivity index (χ2n) is 3.71. The van der Waals surface area contributed by atoms with E-state index in [4.69, 9.17) is 16.7 Å². The first-order valence-electron chi connectivity index (χ1n) is 5.29. The van der Waals surface area contributed by atoms with Crippen LogP contribution in [-0.4, -0.2) is 24.5 Å². The Morgan fingerprint density at radius 2 is 2.00 bits per heavy atom. The highest BCUT2D eigenvalue weighted by molar-refractivity contribution is 7.93. The molecule has 1 aromatic carbocycles. The smallest absolute Gasteiger partial charge is 0.335 e. The monoisotopic (exact) mass is 332 g/mol. The van der Waals surface area contributed by atoms with Crippen LogP contribution in [0.25, 0.3) is 0 Å². The highest BCUT2D eigenvalue weighted by atomic mass is 35.5. The zero-order chi connectivity index (χ0) is 14.8. The topological polar surface area (TPSA) is 96.4 Å². The summed E-state index contributed by atoms with van der Waals surface area (Å²) in [5, 5.41) is 10.6.